The van der Waals surface area contributed by atoms with Crippen molar-refractivity contribution in [1.82, 2.24) is 10.2 Å². The molecule has 2 aliphatic heterocycles. The van der Waals surface area contributed by atoms with Gasteiger partial charge in [-0.15, -0.1) is 0 Å². The zero-order chi connectivity index (χ0) is 14.7. The fraction of sp³-hybridized carbons (Fsp3) is 0.588. The number of benzene rings is 1. The highest BCUT2D eigenvalue weighted by atomic mass is 16.3. The lowest BCUT2D eigenvalue weighted by Crippen LogP contribution is -2.47. The van der Waals surface area contributed by atoms with E-state index in [2.05, 4.69) is 29.6 Å². The third-order valence-electron chi connectivity index (χ3n) is 4.70. The first kappa shape index (κ1) is 14.5. The maximum absolute atomic E-state index is 12.4. The number of amides is 1. The summed E-state index contributed by atoms with van der Waals surface area (Å²) >= 11 is 0. The summed E-state index contributed by atoms with van der Waals surface area (Å²) < 4.78 is 0. The maximum atomic E-state index is 12.4. The molecule has 3 rings (SSSR count). The van der Waals surface area contributed by atoms with Gasteiger partial charge in [0.2, 0.25) is 5.91 Å². The summed E-state index contributed by atoms with van der Waals surface area (Å²) in [4.78, 5) is 14.3. The SMILES string of the molecule is O=C([C@H]1C[C@@H](O)CN1)N1CCC(Cc2ccccc2)CC1. The molecular formula is C17H24N2O2. The molecule has 2 aliphatic rings. The largest absolute Gasteiger partial charge is 0.392 e. The number of hydrogen-bond acceptors (Lipinski definition) is 3. The topological polar surface area (TPSA) is 52.6 Å². The van der Waals surface area contributed by atoms with Gasteiger partial charge in [-0.25, -0.2) is 0 Å². The Morgan fingerprint density at radius 1 is 1.24 bits per heavy atom. The van der Waals surface area contributed by atoms with Gasteiger partial charge in [-0.2, -0.15) is 0 Å². The summed E-state index contributed by atoms with van der Waals surface area (Å²) in [5.41, 5.74) is 1.39. The van der Waals surface area contributed by atoms with Crippen molar-refractivity contribution in [1.29, 1.82) is 0 Å². The molecule has 0 spiro atoms. The Labute approximate surface area is 126 Å². The maximum Gasteiger partial charge on any atom is 0.239 e. The van der Waals surface area contributed by atoms with Gasteiger partial charge in [0.05, 0.1) is 12.1 Å². The Morgan fingerprint density at radius 2 is 1.95 bits per heavy atom. The monoisotopic (exact) mass is 288 g/mol. The van der Waals surface area contributed by atoms with Gasteiger partial charge in [-0.05, 0) is 37.2 Å². The summed E-state index contributed by atoms with van der Waals surface area (Å²) in [6, 6.07) is 10.4. The molecule has 1 amide bonds. The van der Waals surface area contributed by atoms with E-state index in [1.807, 2.05) is 11.0 Å². The standard InChI is InChI=1S/C17H24N2O2/c20-15-11-16(18-12-15)17(21)19-8-6-14(7-9-19)10-13-4-2-1-3-5-13/h1-5,14-16,18,20H,6-12H2/t15-,16-/m1/s1. The number of rotatable bonds is 3. The number of hydrogen-bond donors (Lipinski definition) is 2. The molecule has 0 aromatic heterocycles. The highest BCUT2D eigenvalue weighted by molar-refractivity contribution is 5.82. The van der Waals surface area contributed by atoms with Crippen molar-refractivity contribution in [3.8, 4) is 0 Å². The molecule has 2 N–H and O–H groups in total. The zero-order valence-electron chi connectivity index (χ0n) is 12.4. The van der Waals surface area contributed by atoms with Crippen molar-refractivity contribution >= 4 is 5.91 Å². The van der Waals surface area contributed by atoms with Gasteiger partial charge >= 0.3 is 0 Å². The van der Waals surface area contributed by atoms with E-state index in [0.29, 0.717) is 18.9 Å². The summed E-state index contributed by atoms with van der Waals surface area (Å²) in [5, 5.41) is 12.6. The van der Waals surface area contributed by atoms with Gasteiger partial charge in [0, 0.05) is 19.6 Å². The van der Waals surface area contributed by atoms with Crippen molar-refractivity contribution in [3.05, 3.63) is 35.9 Å². The predicted molar refractivity (Wildman–Crippen MR) is 81.9 cm³/mol. The molecule has 114 valence electrons. The summed E-state index contributed by atoms with van der Waals surface area (Å²) in [6.07, 6.45) is 3.47. The molecule has 0 saturated carbocycles. The van der Waals surface area contributed by atoms with Gasteiger partial charge in [0.1, 0.15) is 0 Å². The predicted octanol–water partition coefficient (Wildman–Crippen LogP) is 1.19. The summed E-state index contributed by atoms with van der Waals surface area (Å²) in [7, 11) is 0. The first-order valence-corrected chi connectivity index (χ1v) is 7.96. The number of carbonyl (C=O) groups excluding carboxylic acids is 1. The zero-order valence-corrected chi connectivity index (χ0v) is 12.4. The number of β-amino-alcohol motifs (C(OH)–C–C–N with tert-alkyl or cyclic N) is 1. The number of likely N-dealkylation sites (tertiary alicyclic amines) is 1. The number of nitrogens with zero attached hydrogens (tertiary/aromatic N) is 1. The number of carbonyl (C=O) groups is 1. The van der Waals surface area contributed by atoms with Crippen molar-refractivity contribution in [2.24, 2.45) is 5.92 Å². The van der Waals surface area contributed by atoms with E-state index < -0.39 is 0 Å². The van der Waals surface area contributed by atoms with Crippen LogP contribution in [0, 0.1) is 5.92 Å². The van der Waals surface area contributed by atoms with E-state index >= 15 is 0 Å². The molecule has 0 radical (unpaired) electrons. The minimum Gasteiger partial charge on any atom is -0.392 e. The molecule has 2 heterocycles. The van der Waals surface area contributed by atoms with Crippen molar-refractivity contribution in [2.45, 2.75) is 37.8 Å². The Morgan fingerprint density at radius 3 is 2.57 bits per heavy atom. The second-order valence-electron chi connectivity index (χ2n) is 6.31. The van der Waals surface area contributed by atoms with Crippen molar-refractivity contribution in [3.63, 3.8) is 0 Å². The average molecular weight is 288 g/mol. The van der Waals surface area contributed by atoms with Crippen LogP contribution in [0.3, 0.4) is 0 Å². The van der Waals surface area contributed by atoms with Gasteiger partial charge in [-0.1, -0.05) is 30.3 Å². The lowest BCUT2D eigenvalue weighted by atomic mass is 9.90. The second kappa shape index (κ2) is 6.58. The third kappa shape index (κ3) is 3.63. The molecular weight excluding hydrogens is 264 g/mol. The van der Waals surface area contributed by atoms with Gasteiger partial charge < -0.3 is 15.3 Å². The summed E-state index contributed by atoms with van der Waals surface area (Å²) in [5.74, 6) is 0.850. The molecule has 2 atom stereocenters. The van der Waals surface area contributed by atoms with E-state index in [1.165, 1.54) is 5.56 Å². The van der Waals surface area contributed by atoms with E-state index in [-0.39, 0.29) is 18.1 Å². The molecule has 2 saturated heterocycles. The van der Waals surface area contributed by atoms with Crippen LogP contribution in [-0.4, -0.2) is 47.7 Å². The molecule has 1 aromatic rings. The second-order valence-corrected chi connectivity index (χ2v) is 6.31. The first-order valence-electron chi connectivity index (χ1n) is 7.96. The molecule has 21 heavy (non-hydrogen) atoms. The molecule has 0 unspecified atom stereocenters. The Balaban J connectivity index is 1.47. The van der Waals surface area contributed by atoms with Crippen LogP contribution >= 0.6 is 0 Å². The van der Waals surface area contributed by atoms with Gasteiger partial charge in [0.25, 0.3) is 0 Å². The molecule has 0 bridgehead atoms. The Kier molecular flexibility index (Phi) is 4.56. The molecule has 0 aliphatic carbocycles. The molecule has 2 fully saturated rings. The smallest absolute Gasteiger partial charge is 0.239 e. The fourth-order valence-corrected chi connectivity index (χ4v) is 3.43. The minimum atomic E-state index is -0.366. The lowest BCUT2D eigenvalue weighted by Gasteiger charge is -2.33. The van der Waals surface area contributed by atoms with Crippen LogP contribution in [0.2, 0.25) is 0 Å². The average Bonchev–Trinajstić information content (AvgIpc) is 2.95. The van der Waals surface area contributed by atoms with Crippen LogP contribution in [0.4, 0.5) is 0 Å². The van der Waals surface area contributed by atoms with Gasteiger partial charge in [0.15, 0.2) is 0 Å². The van der Waals surface area contributed by atoms with E-state index in [9.17, 15) is 9.90 Å². The van der Waals surface area contributed by atoms with Crippen molar-refractivity contribution in [2.75, 3.05) is 19.6 Å². The molecule has 4 heteroatoms. The lowest BCUT2D eigenvalue weighted by molar-refractivity contribution is -0.134. The van der Waals surface area contributed by atoms with E-state index in [0.717, 1.165) is 32.4 Å². The summed E-state index contributed by atoms with van der Waals surface area (Å²) in [6.45, 7) is 2.25. The Hall–Kier alpha value is -1.39. The quantitative estimate of drug-likeness (QED) is 0.878. The number of aliphatic hydroxyl groups is 1. The fourth-order valence-electron chi connectivity index (χ4n) is 3.43. The number of piperidine rings is 1. The molecule has 1 aromatic carbocycles. The highest BCUT2D eigenvalue weighted by Gasteiger charge is 2.32. The van der Waals surface area contributed by atoms with Crippen LogP contribution < -0.4 is 5.32 Å². The number of nitrogens with one attached hydrogen (secondary N) is 1. The normalized spacial score (nSPS) is 27.0. The van der Waals surface area contributed by atoms with Crippen LogP contribution in [-0.2, 0) is 11.2 Å². The van der Waals surface area contributed by atoms with Crippen LogP contribution in [0.1, 0.15) is 24.8 Å². The molecule has 4 nitrogen and oxygen atoms in total. The van der Waals surface area contributed by atoms with Gasteiger partial charge in [-0.3, -0.25) is 4.79 Å². The minimum absolute atomic E-state index is 0.171. The first-order chi connectivity index (χ1) is 10.2. The number of aliphatic hydroxyl groups excluding tert-OH is 1. The highest BCUT2D eigenvalue weighted by Crippen LogP contribution is 2.23. The Bertz CT molecular complexity index is 469. The third-order valence-corrected chi connectivity index (χ3v) is 4.70. The van der Waals surface area contributed by atoms with E-state index in [4.69, 9.17) is 0 Å². The van der Waals surface area contributed by atoms with Crippen LogP contribution in [0.5, 0.6) is 0 Å². The van der Waals surface area contributed by atoms with Crippen LogP contribution in [0.25, 0.3) is 0 Å². The van der Waals surface area contributed by atoms with E-state index in [1.54, 1.807) is 0 Å². The van der Waals surface area contributed by atoms with Crippen LogP contribution in [0.15, 0.2) is 30.3 Å². The van der Waals surface area contributed by atoms with Crippen molar-refractivity contribution < 1.29 is 9.90 Å².